The van der Waals surface area contributed by atoms with Crippen molar-refractivity contribution >= 4 is 35.5 Å². The van der Waals surface area contributed by atoms with E-state index < -0.39 is 66.1 Å². The van der Waals surface area contributed by atoms with E-state index in [2.05, 4.69) is 10.6 Å². The maximum Gasteiger partial charge on any atom is 0.326 e. The maximum atomic E-state index is 13.1. The lowest BCUT2D eigenvalue weighted by Gasteiger charge is -2.30. The van der Waals surface area contributed by atoms with Crippen molar-refractivity contribution in [3.05, 3.63) is 0 Å². The van der Waals surface area contributed by atoms with E-state index >= 15 is 0 Å². The smallest absolute Gasteiger partial charge is 0.326 e. The number of nitrogens with two attached hydrogens (primary N) is 3. The third kappa shape index (κ3) is 7.80. The fourth-order valence-electron chi connectivity index (χ4n) is 3.40. The standard InChI is InChI=1S/C19H32N6O7/c1-9(2)15(19(31)32)24-17(29)12-4-3-7-25(12)18(30)11(5-6-13(21)26)23-16(28)10(20)8-14(22)27/h9-12,15H,3-8,20H2,1-2H3,(H2,21,26)(H2,22,27)(H,23,28)(H,24,29)(H,31,32). The molecule has 0 spiro atoms. The SMILES string of the molecule is CC(C)C(NC(=O)C1CCCN1C(=O)C(CCC(N)=O)NC(=O)C(N)CC(N)=O)C(=O)O. The lowest BCUT2D eigenvalue weighted by atomic mass is 10.0. The Morgan fingerprint density at radius 3 is 2.19 bits per heavy atom. The molecule has 180 valence electrons. The fourth-order valence-corrected chi connectivity index (χ4v) is 3.40. The minimum Gasteiger partial charge on any atom is -0.480 e. The van der Waals surface area contributed by atoms with Crippen LogP contribution in [0, 0.1) is 5.92 Å². The molecule has 0 aromatic rings. The molecule has 0 bridgehead atoms. The molecule has 5 amide bonds. The molecule has 1 rings (SSSR count). The molecule has 0 aromatic carbocycles. The number of carbonyl (C=O) groups excluding carboxylic acids is 5. The molecular weight excluding hydrogens is 424 g/mol. The Bertz CT molecular complexity index is 756. The van der Waals surface area contributed by atoms with Gasteiger partial charge in [0.2, 0.25) is 29.5 Å². The number of rotatable bonds is 12. The molecule has 1 saturated heterocycles. The van der Waals surface area contributed by atoms with E-state index in [-0.39, 0.29) is 25.3 Å². The number of hydrogen-bond donors (Lipinski definition) is 6. The minimum absolute atomic E-state index is 0.141. The van der Waals surface area contributed by atoms with E-state index in [1.54, 1.807) is 13.8 Å². The highest BCUT2D eigenvalue weighted by Crippen LogP contribution is 2.20. The van der Waals surface area contributed by atoms with Crippen molar-refractivity contribution in [3.63, 3.8) is 0 Å². The summed E-state index contributed by atoms with van der Waals surface area (Å²) in [6.45, 7) is 3.48. The zero-order valence-corrected chi connectivity index (χ0v) is 18.2. The second-order valence-corrected chi connectivity index (χ2v) is 8.10. The Morgan fingerprint density at radius 2 is 1.69 bits per heavy atom. The molecule has 1 aliphatic rings. The van der Waals surface area contributed by atoms with Crippen LogP contribution in [0.3, 0.4) is 0 Å². The number of nitrogens with zero attached hydrogens (tertiary/aromatic N) is 1. The van der Waals surface area contributed by atoms with Gasteiger partial charge in [-0.3, -0.25) is 24.0 Å². The number of likely N-dealkylation sites (tertiary alicyclic amines) is 1. The predicted molar refractivity (Wildman–Crippen MR) is 111 cm³/mol. The Balaban J connectivity index is 2.99. The summed E-state index contributed by atoms with van der Waals surface area (Å²) in [7, 11) is 0. The van der Waals surface area contributed by atoms with Crippen LogP contribution < -0.4 is 27.8 Å². The van der Waals surface area contributed by atoms with Crippen LogP contribution in [-0.4, -0.2) is 76.2 Å². The van der Waals surface area contributed by atoms with Crippen molar-refractivity contribution in [2.45, 2.75) is 70.1 Å². The summed E-state index contributed by atoms with van der Waals surface area (Å²) in [4.78, 5) is 73.0. The van der Waals surface area contributed by atoms with Gasteiger partial charge in [-0.25, -0.2) is 4.79 Å². The van der Waals surface area contributed by atoms with Crippen LogP contribution in [0.2, 0.25) is 0 Å². The molecule has 32 heavy (non-hydrogen) atoms. The third-order valence-corrected chi connectivity index (χ3v) is 5.12. The average Bonchev–Trinajstić information content (AvgIpc) is 3.17. The van der Waals surface area contributed by atoms with Crippen molar-refractivity contribution in [2.75, 3.05) is 6.54 Å². The molecule has 0 radical (unpaired) electrons. The lowest BCUT2D eigenvalue weighted by molar-refractivity contribution is -0.145. The summed E-state index contributed by atoms with van der Waals surface area (Å²) in [5.41, 5.74) is 15.8. The van der Waals surface area contributed by atoms with E-state index in [1.165, 1.54) is 4.90 Å². The van der Waals surface area contributed by atoms with Gasteiger partial charge in [0.05, 0.1) is 12.5 Å². The molecule has 4 atom stereocenters. The second kappa shape index (κ2) is 12.0. The first-order chi connectivity index (χ1) is 14.8. The van der Waals surface area contributed by atoms with E-state index in [1.807, 2.05) is 0 Å². The van der Waals surface area contributed by atoms with Gasteiger partial charge in [0.15, 0.2) is 0 Å². The van der Waals surface area contributed by atoms with Crippen molar-refractivity contribution in [2.24, 2.45) is 23.1 Å². The number of carboxylic acid groups (broad SMARTS) is 1. The molecule has 4 unspecified atom stereocenters. The summed E-state index contributed by atoms with van der Waals surface area (Å²) in [6.07, 6.45) is -0.0116. The first-order valence-electron chi connectivity index (χ1n) is 10.3. The van der Waals surface area contributed by atoms with Crippen LogP contribution in [0.15, 0.2) is 0 Å². The predicted octanol–water partition coefficient (Wildman–Crippen LogP) is -2.84. The van der Waals surface area contributed by atoms with Crippen LogP contribution >= 0.6 is 0 Å². The summed E-state index contributed by atoms with van der Waals surface area (Å²) in [6, 6.07) is -4.58. The molecule has 0 saturated carbocycles. The van der Waals surface area contributed by atoms with Crippen molar-refractivity contribution in [3.8, 4) is 0 Å². The minimum atomic E-state index is -1.29. The van der Waals surface area contributed by atoms with Crippen molar-refractivity contribution < 1.29 is 33.9 Å². The average molecular weight is 457 g/mol. The van der Waals surface area contributed by atoms with Gasteiger partial charge in [0.25, 0.3) is 0 Å². The van der Waals surface area contributed by atoms with E-state index in [9.17, 15) is 33.9 Å². The normalized spacial score (nSPS) is 18.5. The molecule has 1 aliphatic heterocycles. The number of amides is 5. The topological polar surface area (TPSA) is 228 Å². The summed E-state index contributed by atoms with van der Waals surface area (Å²) >= 11 is 0. The zero-order valence-electron chi connectivity index (χ0n) is 18.2. The van der Waals surface area contributed by atoms with E-state index in [0.717, 1.165) is 0 Å². The number of carbonyl (C=O) groups is 6. The first-order valence-corrected chi connectivity index (χ1v) is 10.3. The van der Waals surface area contributed by atoms with Crippen LogP contribution in [0.1, 0.15) is 46.0 Å². The van der Waals surface area contributed by atoms with Crippen LogP contribution in [0.5, 0.6) is 0 Å². The van der Waals surface area contributed by atoms with Gasteiger partial charge in [-0.05, 0) is 25.2 Å². The largest absolute Gasteiger partial charge is 0.480 e. The van der Waals surface area contributed by atoms with Gasteiger partial charge < -0.3 is 37.8 Å². The molecule has 0 aliphatic carbocycles. The Labute approximate surface area is 185 Å². The highest BCUT2D eigenvalue weighted by atomic mass is 16.4. The molecule has 1 fully saturated rings. The molecule has 1 heterocycles. The van der Waals surface area contributed by atoms with Crippen LogP contribution in [0.4, 0.5) is 0 Å². The number of primary amides is 2. The Hall–Kier alpha value is -3.22. The molecule has 0 aromatic heterocycles. The zero-order chi connectivity index (χ0) is 24.6. The van der Waals surface area contributed by atoms with Crippen LogP contribution in [0.25, 0.3) is 0 Å². The van der Waals surface area contributed by atoms with E-state index in [0.29, 0.717) is 12.8 Å². The Morgan fingerprint density at radius 1 is 1.06 bits per heavy atom. The summed E-state index contributed by atoms with van der Waals surface area (Å²) in [5, 5.41) is 14.1. The maximum absolute atomic E-state index is 13.1. The highest BCUT2D eigenvalue weighted by Gasteiger charge is 2.39. The van der Waals surface area contributed by atoms with Crippen LogP contribution in [-0.2, 0) is 28.8 Å². The molecule has 13 nitrogen and oxygen atoms in total. The number of aliphatic carboxylic acids is 1. The molecular formula is C19H32N6O7. The van der Waals surface area contributed by atoms with Crippen molar-refractivity contribution in [1.29, 1.82) is 0 Å². The van der Waals surface area contributed by atoms with Gasteiger partial charge >= 0.3 is 5.97 Å². The monoisotopic (exact) mass is 456 g/mol. The second-order valence-electron chi connectivity index (χ2n) is 8.10. The first kappa shape index (κ1) is 26.8. The number of hydrogen-bond acceptors (Lipinski definition) is 7. The third-order valence-electron chi connectivity index (χ3n) is 5.12. The lowest BCUT2D eigenvalue weighted by Crippen LogP contribution is -2.57. The summed E-state index contributed by atoms with van der Waals surface area (Å²) < 4.78 is 0. The van der Waals surface area contributed by atoms with Gasteiger partial charge in [0.1, 0.15) is 18.1 Å². The van der Waals surface area contributed by atoms with Gasteiger partial charge in [-0.1, -0.05) is 13.8 Å². The quantitative estimate of drug-likeness (QED) is 0.179. The number of carboxylic acids is 1. The van der Waals surface area contributed by atoms with Gasteiger partial charge in [-0.2, -0.15) is 0 Å². The van der Waals surface area contributed by atoms with E-state index in [4.69, 9.17) is 17.2 Å². The fraction of sp³-hybridized carbons (Fsp3) is 0.684. The van der Waals surface area contributed by atoms with Crippen molar-refractivity contribution in [1.82, 2.24) is 15.5 Å². The molecule has 9 N–H and O–H groups in total. The summed E-state index contributed by atoms with van der Waals surface area (Å²) in [5.74, 6) is -5.16. The van der Waals surface area contributed by atoms with Gasteiger partial charge in [0, 0.05) is 13.0 Å². The Kier molecular flexibility index (Phi) is 10.0. The number of nitrogens with one attached hydrogen (secondary N) is 2. The highest BCUT2D eigenvalue weighted by molar-refractivity contribution is 5.95. The molecule has 13 heteroatoms. The van der Waals surface area contributed by atoms with Gasteiger partial charge in [-0.15, -0.1) is 0 Å².